The van der Waals surface area contributed by atoms with Crippen molar-refractivity contribution in [3.63, 3.8) is 0 Å². The minimum Gasteiger partial charge on any atom is -0.495 e. The van der Waals surface area contributed by atoms with E-state index in [1.54, 1.807) is 24.5 Å². The maximum atomic E-state index is 12.9. The van der Waals surface area contributed by atoms with Crippen molar-refractivity contribution in [2.75, 3.05) is 46.9 Å². The van der Waals surface area contributed by atoms with Gasteiger partial charge in [-0.3, -0.25) is 4.98 Å². The number of methoxy groups -OCH3 is 1. The molecule has 196 valence electrons. The number of aliphatic hydroxyl groups excluding tert-OH is 1. The van der Waals surface area contributed by atoms with Crippen LogP contribution in [0.4, 0.5) is 0 Å². The van der Waals surface area contributed by atoms with Crippen LogP contribution < -0.4 is 9.47 Å². The third kappa shape index (κ3) is 3.47. The minimum atomic E-state index is -1.83. The quantitative estimate of drug-likeness (QED) is 0.538. The van der Waals surface area contributed by atoms with Crippen molar-refractivity contribution in [3.8, 4) is 17.6 Å². The molecule has 1 aromatic heterocycles. The summed E-state index contributed by atoms with van der Waals surface area (Å²) in [5.41, 5.74) is -0.641. The van der Waals surface area contributed by atoms with Crippen LogP contribution >= 0.6 is 0 Å². The van der Waals surface area contributed by atoms with Gasteiger partial charge in [-0.2, -0.15) is 5.26 Å². The van der Waals surface area contributed by atoms with Crippen LogP contribution in [0.1, 0.15) is 28.2 Å². The SMILES string of the molecule is COc1cncc2c1[C@]1(O)[C@H](O)C(CN3CCN(C)CC3)[C@@H](c3ccccc3)[C@]1(c1ccc(C#N)cc1)O2. The largest absolute Gasteiger partial charge is 0.495 e. The fourth-order valence-corrected chi connectivity index (χ4v) is 6.86. The average Bonchev–Trinajstić information content (AvgIpc) is 3.33. The highest BCUT2D eigenvalue weighted by Crippen LogP contribution is 2.69. The van der Waals surface area contributed by atoms with Gasteiger partial charge in [-0.05, 0) is 30.3 Å². The Morgan fingerprint density at radius 3 is 2.45 bits per heavy atom. The molecule has 2 aliphatic heterocycles. The number of hydrogen-bond donors (Lipinski definition) is 2. The van der Waals surface area contributed by atoms with Gasteiger partial charge < -0.3 is 29.5 Å². The van der Waals surface area contributed by atoms with Gasteiger partial charge in [0.1, 0.15) is 11.5 Å². The predicted molar refractivity (Wildman–Crippen MR) is 141 cm³/mol. The molecule has 1 saturated heterocycles. The molecule has 2 aromatic carbocycles. The second-order valence-corrected chi connectivity index (χ2v) is 10.6. The van der Waals surface area contributed by atoms with E-state index >= 15 is 0 Å². The van der Waals surface area contributed by atoms with Crippen LogP contribution in [-0.2, 0) is 11.2 Å². The summed E-state index contributed by atoms with van der Waals surface area (Å²) in [6.45, 7) is 4.26. The van der Waals surface area contributed by atoms with E-state index in [9.17, 15) is 15.5 Å². The Bertz CT molecular complexity index is 1350. The van der Waals surface area contributed by atoms with Gasteiger partial charge in [-0.1, -0.05) is 42.5 Å². The number of hydrogen-bond acceptors (Lipinski definition) is 8. The van der Waals surface area contributed by atoms with E-state index < -0.39 is 23.2 Å². The molecule has 0 radical (unpaired) electrons. The van der Waals surface area contributed by atoms with Gasteiger partial charge in [0.25, 0.3) is 0 Å². The summed E-state index contributed by atoms with van der Waals surface area (Å²) in [7, 11) is 3.65. The number of aromatic nitrogens is 1. The number of aliphatic hydroxyl groups is 2. The first kappa shape index (κ1) is 24.8. The van der Waals surface area contributed by atoms with Gasteiger partial charge in [0.15, 0.2) is 11.2 Å². The second-order valence-electron chi connectivity index (χ2n) is 10.6. The zero-order valence-corrected chi connectivity index (χ0v) is 21.6. The predicted octanol–water partition coefficient (Wildman–Crippen LogP) is 2.46. The molecule has 0 amide bonds. The Morgan fingerprint density at radius 1 is 1.08 bits per heavy atom. The highest BCUT2D eigenvalue weighted by molar-refractivity contribution is 5.59. The van der Waals surface area contributed by atoms with Crippen molar-refractivity contribution in [3.05, 3.63) is 89.2 Å². The van der Waals surface area contributed by atoms with Crippen LogP contribution in [0.3, 0.4) is 0 Å². The summed E-state index contributed by atoms with van der Waals surface area (Å²) >= 11 is 0. The van der Waals surface area contributed by atoms with Crippen LogP contribution in [0.25, 0.3) is 0 Å². The van der Waals surface area contributed by atoms with Crippen molar-refractivity contribution in [1.82, 2.24) is 14.8 Å². The van der Waals surface area contributed by atoms with Gasteiger partial charge in [-0.15, -0.1) is 0 Å². The Hall–Kier alpha value is -3.48. The van der Waals surface area contributed by atoms with Crippen molar-refractivity contribution >= 4 is 0 Å². The summed E-state index contributed by atoms with van der Waals surface area (Å²) in [6, 6.07) is 19.3. The van der Waals surface area contributed by atoms with Crippen molar-refractivity contribution in [2.45, 2.75) is 23.2 Å². The van der Waals surface area contributed by atoms with Crippen LogP contribution in [0.5, 0.6) is 11.5 Å². The van der Waals surface area contributed by atoms with E-state index in [4.69, 9.17) is 9.47 Å². The maximum Gasteiger partial charge on any atom is 0.177 e. The van der Waals surface area contributed by atoms with Gasteiger partial charge >= 0.3 is 0 Å². The van der Waals surface area contributed by atoms with Crippen LogP contribution in [0.2, 0.25) is 0 Å². The normalized spacial score (nSPS) is 30.8. The summed E-state index contributed by atoms with van der Waals surface area (Å²) in [6.07, 6.45) is 1.96. The monoisotopic (exact) mass is 512 g/mol. The number of pyridine rings is 1. The van der Waals surface area contributed by atoms with Gasteiger partial charge in [-0.25, -0.2) is 0 Å². The number of nitrogens with zero attached hydrogens (tertiary/aromatic N) is 4. The Morgan fingerprint density at radius 2 is 1.79 bits per heavy atom. The number of ether oxygens (including phenoxy) is 2. The lowest BCUT2D eigenvalue weighted by molar-refractivity contribution is -0.152. The number of benzene rings is 2. The van der Waals surface area contributed by atoms with E-state index in [0.29, 0.717) is 34.7 Å². The van der Waals surface area contributed by atoms with Crippen molar-refractivity contribution in [1.29, 1.82) is 5.26 Å². The third-order valence-electron chi connectivity index (χ3n) is 8.68. The first-order valence-electron chi connectivity index (χ1n) is 13.0. The molecule has 2 N–H and O–H groups in total. The second kappa shape index (κ2) is 9.37. The Balaban J connectivity index is 1.59. The molecule has 1 saturated carbocycles. The number of nitriles is 1. The third-order valence-corrected chi connectivity index (χ3v) is 8.68. The topological polar surface area (TPSA) is 102 Å². The molecule has 1 unspecified atom stereocenters. The summed E-state index contributed by atoms with van der Waals surface area (Å²) in [5, 5.41) is 34.6. The van der Waals surface area contributed by atoms with Crippen LogP contribution in [-0.4, -0.2) is 78.0 Å². The highest BCUT2D eigenvalue weighted by Gasteiger charge is 2.76. The number of piperazine rings is 1. The minimum absolute atomic E-state index is 0.354. The lowest BCUT2D eigenvalue weighted by atomic mass is 9.70. The molecule has 8 heteroatoms. The molecule has 0 bridgehead atoms. The van der Waals surface area contributed by atoms with Gasteiger partial charge in [0, 0.05) is 44.6 Å². The molecule has 1 aliphatic carbocycles. The van der Waals surface area contributed by atoms with E-state index in [1.807, 2.05) is 42.5 Å². The maximum absolute atomic E-state index is 12.9. The number of likely N-dealkylation sites (N-methyl/N-ethyl adjacent to an activating group) is 1. The standard InChI is InChI=1S/C30H32N4O4/c1-33-12-14-34(15-13-33)19-23-26(21-6-4-3-5-7-21)30(22-10-8-20(16-31)9-11-22)29(36,28(23)35)27-24(37-2)17-32-18-25(27)38-30/h3-11,17-18,23,26,28,35-36H,12-15,19H2,1-2H3/t23?,26-,28-,29+,30+/m1/s1. The summed E-state index contributed by atoms with van der Waals surface area (Å²) in [4.78, 5) is 8.95. The zero-order chi connectivity index (χ0) is 26.5. The summed E-state index contributed by atoms with van der Waals surface area (Å²) < 4.78 is 12.5. The smallest absolute Gasteiger partial charge is 0.177 e. The molecule has 3 heterocycles. The summed E-state index contributed by atoms with van der Waals surface area (Å²) in [5.74, 6) is -0.0123. The molecule has 38 heavy (non-hydrogen) atoms. The fourth-order valence-electron chi connectivity index (χ4n) is 6.86. The first-order valence-corrected chi connectivity index (χ1v) is 13.0. The van der Waals surface area contributed by atoms with E-state index in [0.717, 1.165) is 31.7 Å². The van der Waals surface area contributed by atoms with E-state index in [2.05, 4.69) is 27.9 Å². The molecule has 2 fully saturated rings. The molecule has 3 aliphatic rings. The number of fused-ring (bicyclic) bond motifs is 3. The highest BCUT2D eigenvalue weighted by atomic mass is 16.5. The zero-order valence-electron chi connectivity index (χ0n) is 21.6. The lowest BCUT2D eigenvalue weighted by Gasteiger charge is -2.41. The lowest BCUT2D eigenvalue weighted by Crippen LogP contribution is -2.52. The van der Waals surface area contributed by atoms with Gasteiger partial charge in [0.05, 0.1) is 42.8 Å². The molecular weight excluding hydrogens is 480 g/mol. The Kier molecular flexibility index (Phi) is 6.12. The molecule has 6 rings (SSSR count). The molecule has 0 spiro atoms. The fraction of sp³-hybridized carbons (Fsp3) is 0.400. The van der Waals surface area contributed by atoms with Crippen molar-refractivity contribution < 1.29 is 19.7 Å². The van der Waals surface area contributed by atoms with Crippen LogP contribution in [0, 0.1) is 17.2 Å². The van der Waals surface area contributed by atoms with E-state index in [1.165, 1.54) is 7.11 Å². The molecule has 5 atom stereocenters. The number of rotatable bonds is 5. The van der Waals surface area contributed by atoms with E-state index in [-0.39, 0.29) is 5.92 Å². The Labute approximate surface area is 222 Å². The van der Waals surface area contributed by atoms with Crippen LogP contribution in [0.15, 0.2) is 67.0 Å². The molecular formula is C30H32N4O4. The first-order chi connectivity index (χ1) is 18.4. The molecule has 8 nitrogen and oxygen atoms in total. The van der Waals surface area contributed by atoms with Crippen molar-refractivity contribution in [2.24, 2.45) is 5.92 Å². The average molecular weight is 513 g/mol. The molecule has 3 aromatic rings. The van der Waals surface area contributed by atoms with Gasteiger partial charge in [0.2, 0.25) is 0 Å².